The molecule has 1 spiro atoms. The highest BCUT2D eigenvalue weighted by molar-refractivity contribution is 5.94. The van der Waals surface area contributed by atoms with E-state index < -0.39 is 23.6 Å². The maximum absolute atomic E-state index is 13.1. The number of nitrogens with one attached hydrogen (secondary N) is 4. The number of hydrogen-bond acceptors (Lipinski definition) is 7. The number of esters is 1. The number of amides is 5. The molecule has 0 saturated carbocycles. The molecule has 4 N–H and O–H groups in total. The van der Waals surface area contributed by atoms with Crippen LogP contribution in [0.1, 0.15) is 31.7 Å². The van der Waals surface area contributed by atoms with Crippen LogP contribution >= 0.6 is 0 Å². The van der Waals surface area contributed by atoms with E-state index in [9.17, 15) is 24.0 Å². The minimum atomic E-state index is -1.09. The van der Waals surface area contributed by atoms with Gasteiger partial charge in [0.25, 0.3) is 0 Å². The summed E-state index contributed by atoms with van der Waals surface area (Å²) in [4.78, 5) is 72.5. The number of methoxy groups -OCH3 is 1. The number of ether oxygens (including phenoxy) is 1. The van der Waals surface area contributed by atoms with Gasteiger partial charge < -0.3 is 40.4 Å². The van der Waals surface area contributed by atoms with Crippen molar-refractivity contribution in [2.75, 3.05) is 51.4 Å². The number of hydrogen-bond donors (Lipinski definition) is 4. The van der Waals surface area contributed by atoms with Crippen LogP contribution in [0, 0.1) is 0 Å². The minimum Gasteiger partial charge on any atom is -0.467 e. The number of fused-ring (bicyclic) bond motifs is 1. The van der Waals surface area contributed by atoms with Gasteiger partial charge in [-0.3, -0.25) is 9.36 Å². The number of H-pyrrole nitrogens is 1. The van der Waals surface area contributed by atoms with Gasteiger partial charge in [0.1, 0.15) is 11.6 Å². The lowest BCUT2D eigenvalue weighted by atomic mass is 9.85. The van der Waals surface area contributed by atoms with Gasteiger partial charge in [0, 0.05) is 37.9 Å². The highest BCUT2D eigenvalue weighted by Crippen LogP contribution is 2.36. The second-order valence-corrected chi connectivity index (χ2v) is 11.7. The molecule has 5 amide bonds. The number of para-hydroxylation sites is 3. The molecular formula is C31H38N8O6. The van der Waals surface area contributed by atoms with Gasteiger partial charge in [-0.05, 0) is 49.9 Å². The molecule has 3 aromatic rings. The average Bonchev–Trinajstić information content (AvgIpc) is 3.58. The molecule has 4 heterocycles. The first kappa shape index (κ1) is 30.0. The van der Waals surface area contributed by atoms with Crippen molar-refractivity contribution in [3.05, 3.63) is 65.1 Å². The number of carbonyl (C=O) groups is 4. The second-order valence-electron chi connectivity index (χ2n) is 11.7. The monoisotopic (exact) mass is 618 g/mol. The van der Waals surface area contributed by atoms with E-state index in [1.165, 1.54) is 7.11 Å². The molecule has 3 aliphatic rings. The van der Waals surface area contributed by atoms with E-state index in [1.807, 2.05) is 54.6 Å². The third-order valence-corrected chi connectivity index (χ3v) is 9.26. The van der Waals surface area contributed by atoms with Gasteiger partial charge in [-0.2, -0.15) is 0 Å². The summed E-state index contributed by atoms with van der Waals surface area (Å²) in [5.41, 5.74) is 1.64. The summed E-state index contributed by atoms with van der Waals surface area (Å²) in [5, 5.41) is 8.41. The lowest BCUT2D eigenvalue weighted by Crippen LogP contribution is -2.59. The number of rotatable bonds is 6. The molecule has 6 rings (SSSR count). The summed E-state index contributed by atoms with van der Waals surface area (Å²) in [6.45, 7) is 1.75. The van der Waals surface area contributed by atoms with Crippen LogP contribution in [0.25, 0.3) is 11.0 Å². The highest BCUT2D eigenvalue weighted by atomic mass is 16.5. The first-order chi connectivity index (χ1) is 21.8. The van der Waals surface area contributed by atoms with Crippen LogP contribution in [0.3, 0.4) is 0 Å². The Balaban J connectivity index is 1.01. The van der Waals surface area contributed by atoms with Crippen molar-refractivity contribution in [1.82, 2.24) is 35.3 Å². The summed E-state index contributed by atoms with van der Waals surface area (Å²) < 4.78 is 6.65. The van der Waals surface area contributed by atoms with Crippen LogP contribution in [0.15, 0.2) is 59.4 Å². The summed E-state index contributed by atoms with van der Waals surface area (Å²) in [6.07, 6.45) is 2.06. The first-order valence-electron chi connectivity index (χ1n) is 15.3. The lowest BCUT2D eigenvalue weighted by molar-refractivity contribution is -0.142. The summed E-state index contributed by atoms with van der Waals surface area (Å²) in [5.74, 6) is -0.722. The molecule has 0 aliphatic carbocycles. The Morgan fingerprint density at radius 1 is 0.933 bits per heavy atom. The topological polar surface area (TPSA) is 161 Å². The Morgan fingerprint density at radius 2 is 1.60 bits per heavy atom. The Morgan fingerprint density at radius 3 is 2.31 bits per heavy atom. The van der Waals surface area contributed by atoms with E-state index in [2.05, 4.69) is 25.8 Å². The SMILES string of the molecule is COC(=O)[C@H](CNC(=O)N1CCC2(CC1)C(=O)NCN2c1ccccc1)NC(=O)N1CCC(n2c(=O)[nH]c3ccccc32)CC1. The van der Waals surface area contributed by atoms with Crippen LogP contribution < -0.4 is 26.5 Å². The Hall–Kier alpha value is -5.01. The molecule has 3 saturated heterocycles. The van der Waals surface area contributed by atoms with E-state index in [0.717, 1.165) is 16.7 Å². The number of nitrogens with zero attached hydrogens (tertiary/aromatic N) is 4. The van der Waals surface area contributed by atoms with Gasteiger partial charge in [0.2, 0.25) is 5.91 Å². The zero-order chi connectivity index (χ0) is 31.6. The molecule has 45 heavy (non-hydrogen) atoms. The zero-order valence-corrected chi connectivity index (χ0v) is 25.2. The zero-order valence-electron chi connectivity index (χ0n) is 25.2. The van der Waals surface area contributed by atoms with Gasteiger partial charge in [-0.25, -0.2) is 19.2 Å². The van der Waals surface area contributed by atoms with Crippen LogP contribution in [-0.4, -0.2) is 101 Å². The number of aromatic nitrogens is 2. The fourth-order valence-corrected chi connectivity index (χ4v) is 6.75. The van der Waals surface area contributed by atoms with E-state index in [-0.39, 0.29) is 30.2 Å². The quantitative estimate of drug-likeness (QED) is 0.303. The Bertz CT molecular complexity index is 1620. The van der Waals surface area contributed by atoms with Crippen molar-refractivity contribution < 1.29 is 23.9 Å². The van der Waals surface area contributed by atoms with Crippen molar-refractivity contribution in [3.8, 4) is 0 Å². The number of carbonyl (C=O) groups excluding carboxylic acids is 4. The summed E-state index contributed by atoms with van der Waals surface area (Å²) in [6, 6.07) is 15.2. The smallest absolute Gasteiger partial charge is 0.330 e. The molecular weight excluding hydrogens is 580 g/mol. The molecule has 14 nitrogen and oxygen atoms in total. The van der Waals surface area contributed by atoms with Gasteiger partial charge in [0.15, 0.2) is 0 Å². The van der Waals surface area contributed by atoms with Gasteiger partial charge >= 0.3 is 23.7 Å². The van der Waals surface area contributed by atoms with Crippen molar-refractivity contribution in [2.24, 2.45) is 0 Å². The highest BCUT2D eigenvalue weighted by Gasteiger charge is 2.50. The van der Waals surface area contributed by atoms with Gasteiger partial charge in [0.05, 0.1) is 31.4 Å². The standard InChI is InChI=1S/C31H38N8O6/c1-45-26(40)24(35-29(43)36-15-11-22(12-16-36)39-25-10-6-5-9-23(25)34-30(39)44)19-32-28(42)37-17-13-31(14-18-37)27(41)33-20-38(31)21-7-3-2-4-8-21/h2-10,22,24H,11-20H2,1H3,(H,32,42)(H,33,41)(H,34,44)(H,35,43)/t24-/m0/s1. The molecule has 238 valence electrons. The fourth-order valence-electron chi connectivity index (χ4n) is 6.75. The third-order valence-electron chi connectivity index (χ3n) is 9.26. The van der Waals surface area contributed by atoms with Crippen molar-refractivity contribution in [2.45, 2.75) is 43.3 Å². The minimum absolute atomic E-state index is 0.0441. The molecule has 14 heteroatoms. The lowest BCUT2D eigenvalue weighted by Gasteiger charge is -2.43. The van der Waals surface area contributed by atoms with E-state index in [1.54, 1.807) is 14.4 Å². The number of imidazole rings is 1. The van der Waals surface area contributed by atoms with Crippen LogP contribution in [0.5, 0.6) is 0 Å². The van der Waals surface area contributed by atoms with E-state index in [0.29, 0.717) is 58.5 Å². The molecule has 1 atom stereocenters. The number of anilines is 1. The number of likely N-dealkylation sites (tertiary alicyclic amines) is 2. The molecule has 0 radical (unpaired) electrons. The molecule has 3 fully saturated rings. The van der Waals surface area contributed by atoms with Crippen LogP contribution in [0.2, 0.25) is 0 Å². The Labute approximate surface area is 259 Å². The maximum Gasteiger partial charge on any atom is 0.330 e. The third kappa shape index (κ3) is 5.79. The largest absolute Gasteiger partial charge is 0.467 e. The van der Waals surface area contributed by atoms with Crippen molar-refractivity contribution in [1.29, 1.82) is 0 Å². The molecule has 0 bridgehead atoms. The Kier molecular flexibility index (Phi) is 8.37. The maximum atomic E-state index is 13.1. The van der Waals surface area contributed by atoms with E-state index >= 15 is 0 Å². The van der Waals surface area contributed by atoms with Crippen molar-refractivity contribution >= 4 is 40.7 Å². The molecule has 0 unspecified atom stereocenters. The van der Waals surface area contributed by atoms with E-state index in [4.69, 9.17) is 4.74 Å². The first-order valence-corrected chi connectivity index (χ1v) is 15.3. The van der Waals surface area contributed by atoms with Crippen LogP contribution in [0.4, 0.5) is 15.3 Å². The van der Waals surface area contributed by atoms with Crippen molar-refractivity contribution in [3.63, 3.8) is 0 Å². The number of urea groups is 2. The predicted molar refractivity (Wildman–Crippen MR) is 166 cm³/mol. The van der Waals surface area contributed by atoms with Gasteiger partial charge in [-0.15, -0.1) is 0 Å². The normalized spacial score (nSPS) is 19.0. The predicted octanol–water partition coefficient (Wildman–Crippen LogP) is 1.36. The fraction of sp³-hybridized carbons (Fsp3) is 0.452. The molecule has 2 aromatic carbocycles. The average molecular weight is 619 g/mol. The second kappa shape index (κ2) is 12.5. The number of piperidine rings is 2. The van der Waals surface area contributed by atoms with Crippen LogP contribution in [-0.2, 0) is 14.3 Å². The summed E-state index contributed by atoms with van der Waals surface area (Å²) >= 11 is 0. The number of benzene rings is 2. The van der Waals surface area contributed by atoms with Gasteiger partial charge in [-0.1, -0.05) is 30.3 Å². The molecule has 3 aliphatic heterocycles. The number of aromatic amines is 1. The summed E-state index contributed by atoms with van der Waals surface area (Å²) in [7, 11) is 1.23. The molecule has 1 aromatic heterocycles.